The van der Waals surface area contributed by atoms with Gasteiger partial charge >= 0.3 is 0 Å². The molecule has 24 heavy (non-hydrogen) atoms. The number of halogens is 1. The summed E-state index contributed by atoms with van der Waals surface area (Å²) in [6.07, 6.45) is 0.863. The van der Waals surface area contributed by atoms with E-state index < -0.39 is 5.91 Å². The van der Waals surface area contributed by atoms with Gasteiger partial charge in [0.25, 0.3) is 5.91 Å². The van der Waals surface area contributed by atoms with Crippen LogP contribution in [0.4, 0.5) is 11.4 Å². The van der Waals surface area contributed by atoms with E-state index >= 15 is 0 Å². The summed E-state index contributed by atoms with van der Waals surface area (Å²) in [7, 11) is 0. The number of hydrogen-bond donors (Lipinski definition) is 1. The highest BCUT2D eigenvalue weighted by molar-refractivity contribution is 9.10. The molecule has 3 rings (SSSR count). The van der Waals surface area contributed by atoms with Gasteiger partial charge in [0.1, 0.15) is 5.75 Å². The Bertz CT molecular complexity index is 777. The van der Waals surface area contributed by atoms with Crippen molar-refractivity contribution in [1.82, 2.24) is 0 Å². The molecular weight excluding hydrogens is 372 g/mol. The number of nitrogens with zero attached hydrogens (tertiary/aromatic N) is 1. The Hall–Kier alpha value is -2.34. The van der Waals surface area contributed by atoms with E-state index in [1.165, 1.54) is 11.8 Å². The molecule has 6 heteroatoms. The number of ether oxygens (including phenoxy) is 1. The van der Waals surface area contributed by atoms with Gasteiger partial charge in [-0.3, -0.25) is 9.59 Å². The number of nitrogens with one attached hydrogen (secondary N) is 1. The Labute approximate surface area is 148 Å². The molecule has 1 N–H and O–H groups in total. The Morgan fingerprint density at radius 2 is 2.00 bits per heavy atom. The lowest BCUT2D eigenvalue weighted by molar-refractivity contribution is -0.126. The van der Waals surface area contributed by atoms with E-state index in [0.29, 0.717) is 11.4 Å². The highest BCUT2D eigenvalue weighted by Gasteiger charge is 2.27. The van der Waals surface area contributed by atoms with Gasteiger partial charge in [-0.05, 0) is 36.2 Å². The zero-order valence-corrected chi connectivity index (χ0v) is 14.8. The summed E-state index contributed by atoms with van der Waals surface area (Å²) in [6, 6.07) is 12.8. The van der Waals surface area contributed by atoms with Crippen molar-refractivity contribution in [3.8, 4) is 5.75 Å². The molecular formula is C18H17BrN2O3. The van der Waals surface area contributed by atoms with Crippen LogP contribution < -0.4 is 15.0 Å². The summed E-state index contributed by atoms with van der Waals surface area (Å²) in [4.78, 5) is 25.9. The van der Waals surface area contributed by atoms with Crippen LogP contribution in [0.2, 0.25) is 0 Å². The maximum Gasteiger partial charge on any atom is 0.271 e. The van der Waals surface area contributed by atoms with Crippen LogP contribution in [0, 0.1) is 0 Å². The van der Waals surface area contributed by atoms with Crippen LogP contribution >= 0.6 is 15.9 Å². The predicted molar refractivity (Wildman–Crippen MR) is 96.4 cm³/mol. The summed E-state index contributed by atoms with van der Waals surface area (Å²) < 4.78 is 6.33. The highest BCUT2D eigenvalue weighted by atomic mass is 79.9. The monoisotopic (exact) mass is 388 g/mol. The number of carbonyl (C=O) groups is 2. The summed E-state index contributed by atoms with van der Waals surface area (Å²) >= 11 is 3.45. The normalized spacial score (nSPS) is 12.2. The average molecular weight is 389 g/mol. The van der Waals surface area contributed by atoms with E-state index in [2.05, 4.69) is 21.2 Å². The summed E-state index contributed by atoms with van der Waals surface area (Å²) in [5, 5.41) is 3.25. The topological polar surface area (TPSA) is 58.6 Å². The van der Waals surface area contributed by atoms with E-state index in [4.69, 9.17) is 4.74 Å². The Morgan fingerprint density at radius 1 is 1.25 bits per heavy atom. The maximum atomic E-state index is 12.6. The third-order valence-electron chi connectivity index (χ3n) is 3.77. The number of hydrogen-bond acceptors (Lipinski definition) is 4. The first-order chi connectivity index (χ1) is 11.6. The molecule has 0 aliphatic carbocycles. The molecule has 0 bridgehead atoms. The first kappa shape index (κ1) is 16.5. The number of para-hydroxylation sites is 1. The molecule has 1 aliphatic rings. The van der Waals surface area contributed by atoms with Gasteiger partial charge in [-0.25, -0.2) is 4.90 Å². The molecule has 2 amide bonds. The fraction of sp³-hybridized carbons (Fsp3) is 0.222. The van der Waals surface area contributed by atoms with Crippen LogP contribution in [0.5, 0.6) is 5.75 Å². The van der Waals surface area contributed by atoms with E-state index in [1.807, 2.05) is 24.3 Å². The molecule has 1 aliphatic heterocycles. The number of anilines is 2. The second kappa shape index (κ2) is 7.05. The van der Waals surface area contributed by atoms with Gasteiger partial charge in [-0.1, -0.05) is 34.1 Å². The van der Waals surface area contributed by atoms with Crippen LogP contribution in [0.3, 0.4) is 0 Å². The average Bonchev–Trinajstić information content (AvgIpc) is 3.02. The minimum absolute atomic E-state index is 0.203. The fourth-order valence-corrected chi connectivity index (χ4v) is 3.25. The molecule has 0 radical (unpaired) electrons. The Morgan fingerprint density at radius 3 is 2.71 bits per heavy atom. The van der Waals surface area contributed by atoms with Gasteiger partial charge in [0.05, 0.1) is 11.4 Å². The van der Waals surface area contributed by atoms with Gasteiger partial charge in [0.15, 0.2) is 6.61 Å². The molecule has 0 spiro atoms. The van der Waals surface area contributed by atoms with E-state index in [-0.39, 0.29) is 12.5 Å². The van der Waals surface area contributed by atoms with Gasteiger partial charge in [-0.15, -0.1) is 0 Å². The van der Waals surface area contributed by atoms with Crippen LogP contribution in [0.1, 0.15) is 12.5 Å². The minimum atomic E-state index is -0.402. The maximum absolute atomic E-state index is 12.6. The molecule has 0 saturated carbocycles. The largest absolute Gasteiger partial charge is 0.484 e. The molecule has 1 heterocycles. The van der Waals surface area contributed by atoms with Gasteiger partial charge < -0.3 is 10.1 Å². The van der Waals surface area contributed by atoms with Crippen LogP contribution in [0.15, 0.2) is 46.9 Å². The second-order valence-corrected chi connectivity index (χ2v) is 6.40. The molecule has 0 fully saturated rings. The molecule has 2 aromatic carbocycles. The molecule has 0 aromatic heterocycles. The van der Waals surface area contributed by atoms with Crippen LogP contribution in [-0.2, 0) is 16.0 Å². The third kappa shape index (κ3) is 3.43. The first-order valence-corrected chi connectivity index (χ1v) is 8.43. The lowest BCUT2D eigenvalue weighted by Gasteiger charge is -2.22. The zero-order valence-electron chi connectivity index (χ0n) is 13.2. The molecule has 0 atom stereocenters. The van der Waals surface area contributed by atoms with Gasteiger partial charge in [0.2, 0.25) is 5.91 Å². The summed E-state index contributed by atoms with van der Waals surface area (Å²) in [5.41, 5.74) is 2.48. The van der Waals surface area contributed by atoms with Crippen molar-refractivity contribution in [3.05, 3.63) is 52.5 Å². The second-order valence-electron chi connectivity index (χ2n) is 5.49. The van der Waals surface area contributed by atoms with E-state index in [0.717, 1.165) is 28.7 Å². The number of rotatable bonds is 4. The number of fused-ring (bicyclic) bond motifs is 1. The lowest BCUT2D eigenvalue weighted by Crippen LogP contribution is -2.39. The van der Waals surface area contributed by atoms with Crippen molar-refractivity contribution in [2.24, 2.45) is 0 Å². The molecule has 2 aromatic rings. The molecule has 5 nitrogen and oxygen atoms in total. The summed E-state index contributed by atoms with van der Waals surface area (Å²) in [5.74, 6) is -0.155. The number of amides is 2. The van der Waals surface area contributed by atoms with Crippen molar-refractivity contribution in [2.45, 2.75) is 13.3 Å². The van der Waals surface area contributed by atoms with Crippen LogP contribution in [0.25, 0.3) is 0 Å². The third-order valence-corrected chi connectivity index (χ3v) is 4.23. The molecule has 0 saturated heterocycles. The number of carbonyl (C=O) groups excluding carboxylic acids is 2. The van der Waals surface area contributed by atoms with Crippen molar-refractivity contribution < 1.29 is 14.3 Å². The van der Waals surface area contributed by atoms with E-state index in [1.54, 1.807) is 18.2 Å². The standard InChI is InChI=1S/C18H17BrN2O3/c1-12(22)21(17(23)11-24-15-5-3-2-4-6-15)16-10-14(19)9-13-7-8-20-18(13)16/h2-6,9-10,20H,7-8,11H2,1H3. The smallest absolute Gasteiger partial charge is 0.271 e. The quantitative estimate of drug-likeness (QED) is 0.871. The SMILES string of the molecule is CC(=O)N(C(=O)COc1ccccc1)c1cc(Br)cc2c1NCC2. The Kier molecular flexibility index (Phi) is 4.85. The van der Waals surface area contributed by atoms with Crippen molar-refractivity contribution in [2.75, 3.05) is 23.4 Å². The molecule has 0 unspecified atom stereocenters. The summed E-state index contributed by atoms with van der Waals surface area (Å²) in [6.45, 7) is 1.97. The van der Waals surface area contributed by atoms with E-state index in [9.17, 15) is 9.59 Å². The lowest BCUT2D eigenvalue weighted by atomic mass is 10.1. The van der Waals surface area contributed by atoms with Gasteiger partial charge in [-0.2, -0.15) is 0 Å². The minimum Gasteiger partial charge on any atom is -0.484 e. The first-order valence-electron chi connectivity index (χ1n) is 7.64. The van der Waals surface area contributed by atoms with Crippen LogP contribution in [-0.4, -0.2) is 25.0 Å². The number of imide groups is 1. The molecule has 124 valence electrons. The predicted octanol–water partition coefficient (Wildman–Crippen LogP) is 3.38. The van der Waals surface area contributed by atoms with Crippen molar-refractivity contribution in [1.29, 1.82) is 0 Å². The Balaban J connectivity index is 1.85. The fourth-order valence-electron chi connectivity index (χ4n) is 2.75. The zero-order chi connectivity index (χ0) is 17.1. The highest BCUT2D eigenvalue weighted by Crippen LogP contribution is 2.37. The van der Waals surface area contributed by atoms with Crippen molar-refractivity contribution >= 4 is 39.1 Å². The number of benzene rings is 2. The van der Waals surface area contributed by atoms with Gasteiger partial charge in [0, 0.05) is 17.9 Å². The van der Waals surface area contributed by atoms with Crippen molar-refractivity contribution in [3.63, 3.8) is 0 Å².